The van der Waals surface area contributed by atoms with Crippen LogP contribution in [0.1, 0.15) is 25.0 Å². The van der Waals surface area contributed by atoms with E-state index in [0.29, 0.717) is 17.4 Å². The van der Waals surface area contributed by atoms with Gasteiger partial charge in [-0.05, 0) is 30.9 Å². The Morgan fingerprint density at radius 1 is 1.07 bits per heavy atom. The lowest BCUT2D eigenvalue weighted by molar-refractivity contribution is -0.125. The molecule has 0 saturated heterocycles. The molecule has 2 aromatic carbocycles. The van der Waals surface area contributed by atoms with E-state index in [1.54, 1.807) is 0 Å². The Hall–Kier alpha value is -2.93. The Kier molecular flexibility index (Phi) is 7.19. The molecule has 1 amide bonds. The van der Waals surface area contributed by atoms with Crippen LogP contribution in [0.5, 0.6) is 0 Å². The lowest BCUT2D eigenvalue weighted by atomic mass is 10.0. The van der Waals surface area contributed by atoms with Crippen LogP contribution in [-0.2, 0) is 22.4 Å². The van der Waals surface area contributed by atoms with Gasteiger partial charge in [0.1, 0.15) is 0 Å². The molecule has 0 spiro atoms. The summed E-state index contributed by atoms with van der Waals surface area (Å²) in [6.07, 6.45) is 1.46. The Morgan fingerprint density at radius 2 is 1.79 bits per heavy atom. The summed E-state index contributed by atoms with van der Waals surface area (Å²) in [6, 6.07) is 17.2. The molecule has 29 heavy (non-hydrogen) atoms. The fraction of sp³-hybridized carbons (Fsp3) is 0.273. The smallest absolute Gasteiger partial charge is 0.231 e. The van der Waals surface area contributed by atoms with E-state index in [-0.39, 0.29) is 17.4 Å². The zero-order valence-corrected chi connectivity index (χ0v) is 17.3. The van der Waals surface area contributed by atoms with Gasteiger partial charge >= 0.3 is 0 Å². The van der Waals surface area contributed by atoms with Gasteiger partial charge in [-0.2, -0.15) is 0 Å². The molecule has 1 aromatic heterocycles. The second kappa shape index (κ2) is 10.0. The van der Waals surface area contributed by atoms with Crippen LogP contribution in [0.4, 0.5) is 0 Å². The molecule has 0 unspecified atom stereocenters. The lowest BCUT2D eigenvalue weighted by Crippen LogP contribution is -2.42. The fourth-order valence-electron chi connectivity index (χ4n) is 2.85. The van der Waals surface area contributed by atoms with Crippen LogP contribution in [0, 0.1) is 0 Å². The Labute approximate surface area is 174 Å². The van der Waals surface area contributed by atoms with E-state index >= 15 is 0 Å². The maximum atomic E-state index is 12.3. The van der Waals surface area contributed by atoms with Crippen molar-refractivity contribution >= 4 is 23.5 Å². The van der Waals surface area contributed by atoms with Crippen molar-refractivity contribution < 1.29 is 9.59 Å². The van der Waals surface area contributed by atoms with Crippen molar-refractivity contribution in [3.63, 3.8) is 0 Å². The summed E-state index contributed by atoms with van der Waals surface area (Å²) in [6.45, 7) is 3.60. The molecule has 150 valence electrons. The average Bonchev–Trinajstić information content (AvgIpc) is 3.21. The highest BCUT2D eigenvalue weighted by atomic mass is 32.2. The number of aryl methyl sites for hydroxylation is 1. The summed E-state index contributed by atoms with van der Waals surface area (Å²) in [5.74, 6) is 0.527. The van der Waals surface area contributed by atoms with E-state index in [1.807, 2.05) is 42.5 Å². The number of Topliss-reactive ketones (excluding diaryl/α,β-unsaturated/α-hetero) is 1. The molecule has 6 nitrogen and oxygen atoms in total. The molecule has 0 aliphatic rings. The lowest BCUT2D eigenvalue weighted by Gasteiger charge is -2.15. The topological polar surface area (TPSA) is 87.7 Å². The van der Waals surface area contributed by atoms with Crippen LogP contribution in [0.2, 0.25) is 0 Å². The van der Waals surface area contributed by atoms with Crippen LogP contribution in [0.25, 0.3) is 11.4 Å². The van der Waals surface area contributed by atoms with Crippen molar-refractivity contribution in [2.75, 3.05) is 5.75 Å². The monoisotopic (exact) mass is 408 g/mol. The second-order valence-corrected chi connectivity index (χ2v) is 7.67. The van der Waals surface area contributed by atoms with E-state index in [0.717, 1.165) is 17.5 Å². The zero-order valence-electron chi connectivity index (χ0n) is 16.5. The molecular formula is C22H24N4O2S. The van der Waals surface area contributed by atoms with Crippen LogP contribution in [-0.4, -0.2) is 38.7 Å². The van der Waals surface area contributed by atoms with Crippen molar-refractivity contribution in [1.29, 1.82) is 0 Å². The first-order valence-electron chi connectivity index (χ1n) is 9.53. The van der Waals surface area contributed by atoms with Crippen LogP contribution >= 0.6 is 11.8 Å². The first-order valence-corrected chi connectivity index (χ1v) is 10.5. The van der Waals surface area contributed by atoms with E-state index in [2.05, 4.69) is 39.6 Å². The minimum atomic E-state index is -0.537. The van der Waals surface area contributed by atoms with Crippen molar-refractivity contribution in [1.82, 2.24) is 20.5 Å². The molecule has 1 heterocycles. The summed E-state index contributed by atoms with van der Waals surface area (Å²) in [5.41, 5.74) is 3.22. The number of benzene rings is 2. The van der Waals surface area contributed by atoms with Crippen molar-refractivity contribution in [3.8, 4) is 11.4 Å². The number of nitrogens with one attached hydrogen (secondary N) is 2. The largest absolute Gasteiger partial charge is 0.345 e. The highest BCUT2D eigenvalue weighted by Gasteiger charge is 2.18. The minimum absolute atomic E-state index is 0.0668. The maximum Gasteiger partial charge on any atom is 0.231 e. The number of amides is 1. The molecule has 0 radical (unpaired) electrons. The van der Waals surface area contributed by atoms with E-state index in [1.165, 1.54) is 24.2 Å². The number of H-pyrrole nitrogens is 1. The number of hydrogen-bond donors (Lipinski definition) is 2. The van der Waals surface area contributed by atoms with Gasteiger partial charge < -0.3 is 5.32 Å². The van der Waals surface area contributed by atoms with Gasteiger partial charge in [-0.25, -0.2) is 4.98 Å². The first kappa shape index (κ1) is 20.8. The SMILES string of the molecule is CCc1ccc(-c2nc(SCC(=O)N[C@H](Cc3ccccc3)C(C)=O)n[nH]2)cc1. The number of carbonyl (C=O) groups excluding carboxylic acids is 2. The van der Waals surface area contributed by atoms with Crippen molar-refractivity contribution in [3.05, 3.63) is 65.7 Å². The highest BCUT2D eigenvalue weighted by molar-refractivity contribution is 7.99. The number of ketones is 1. The molecule has 0 saturated carbocycles. The van der Waals surface area contributed by atoms with Gasteiger partial charge in [0.25, 0.3) is 0 Å². The van der Waals surface area contributed by atoms with E-state index in [4.69, 9.17) is 0 Å². The third-order valence-electron chi connectivity index (χ3n) is 4.54. The van der Waals surface area contributed by atoms with Crippen molar-refractivity contribution in [2.24, 2.45) is 0 Å². The number of hydrogen-bond acceptors (Lipinski definition) is 5. The third-order valence-corrected chi connectivity index (χ3v) is 5.39. The quantitative estimate of drug-likeness (QED) is 0.530. The van der Waals surface area contributed by atoms with Gasteiger partial charge in [-0.1, -0.05) is 73.3 Å². The summed E-state index contributed by atoms with van der Waals surface area (Å²) >= 11 is 1.23. The molecular weight excluding hydrogens is 384 g/mol. The predicted molar refractivity (Wildman–Crippen MR) is 115 cm³/mol. The summed E-state index contributed by atoms with van der Waals surface area (Å²) in [4.78, 5) is 28.7. The predicted octanol–water partition coefficient (Wildman–Crippen LogP) is 3.44. The zero-order chi connectivity index (χ0) is 20.6. The highest BCUT2D eigenvalue weighted by Crippen LogP contribution is 2.19. The molecule has 3 rings (SSSR count). The number of aromatic nitrogens is 3. The van der Waals surface area contributed by atoms with E-state index < -0.39 is 6.04 Å². The number of aromatic amines is 1. The fourth-order valence-corrected chi connectivity index (χ4v) is 3.46. The van der Waals surface area contributed by atoms with Gasteiger partial charge in [0.15, 0.2) is 11.6 Å². The van der Waals surface area contributed by atoms with Gasteiger partial charge in [-0.3, -0.25) is 14.7 Å². The van der Waals surface area contributed by atoms with Gasteiger partial charge in [0.05, 0.1) is 11.8 Å². The Bertz CT molecular complexity index is 954. The van der Waals surface area contributed by atoms with Gasteiger partial charge in [-0.15, -0.1) is 5.10 Å². The minimum Gasteiger partial charge on any atom is -0.345 e. The first-order chi connectivity index (χ1) is 14.0. The van der Waals surface area contributed by atoms with Gasteiger partial charge in [0.2, 0.25) is 11.1 Å². The number of rotatable bonds is 9. The standard InChI is InChI=1S/C22H24N4O2S/c1-3-16-9-11-18(12-10-16)21-24-22(26-25-21)29-14-20(28)23-19(15(2)27)13-17-7-5-4-6-8-17/h4-12,19H,3,13-14H2,1-2H3,(H,23,28)(H,24,25,26)/t19-/m1/s1. The number of thioether (sulfide) groups is 1. The summed E-state index contributed by atoms with van der Waals surface area (Å²) < 4.78 is 0. The number of nitrogens with zero attached hydrogens (tertiary/aromatic N) is 2. The molecule has 0 fully saturated rings. The second-order valence-electron chi connectivity index (χ2n) is 6.73. The normalized spacial score (nSPS) is 11.8. The van der Waals surface area contributed by atoms with Crippen LogP contribution in [0.3, 0.4) is 0 Å². The summed E-state index contributed by atoms with van der Waals surface area (Å²) in [5, 5.41) is 10.4. The third kappa shape index (κ3) is 6.02. The molecule has 0 bridgehead atoms. The average molecular weight is 409 g/mol. The molecule has 0 aliphatic carbocycles. The Balaban J connectivity index is 1.54. The summed E-state index contributed by atoms with van der Waals surface area (Å²) in [7, 11) is 0. The maximum absolute atomic E-state index is 12.3. The molecule has 0 aliphatic heterocycles. The molecule has 3 aromatic rings. The molecule has 2 N–H and O–H groups in total. The van der Waals surface area contributed by atoms with Crippen molar-refractivity contribution in [2.45, 2.75) is 37.9 Å². The molecule has 7 heteroatoms. The van der Waals surface area contributed by atoms with Gasteiger partial charge in [0, 0.05) is 5.56 Å². The molecule has 1 atom stereocenters. The Morgan fingerprint density at radius 3 is 2.45 bits per heavy atom. The van der Waals surface area contributed by atoms with Crippen LogP contribution in [0.15, 0.2) is 59.8 Å². The van der Waals surface area contributed by atoms with Crippen LogP contribution < -0.4 is 5.32 Å². The van der Waals surface area contributed by atoms with E-state index in [9.17, 15) is 9.59 Å². The number of carbonyl (C=O) groups is 2.